The van der Waals surface area contributed by atoms with E-state index in [0.29, 0.717) is 19.2 Å². The van der Waals surface area contributed by atoms with E-state index in [1.54, 1.807) is 0 Å². The van der Waals surface area contributed by atoms with Gasteiger partial charge in [0.1, 0.15) is 11.9 Å². The summed E-state index contributed by atoms with van der Waals surface area (Å²) in [5.74, 6) is 1.00. The molecule has 2 unspecified atom stereocenters. The van der Waals surface area contributed by atoms with Crippen molar-refractivity contribution in [2.45, 2.75) is 44.6 Å². The van der Waals surface area contributed by atoms with Gasteiger partial charge in [-0.25, -0.2) is 0 Å². The summed E-state index contributed by atoms with van der Waals surface area (Å²) >= 11 is 0. The fraction of sp³-hybridized carbons (Fsp3) is 0.667. The molecule has 1 fully saturated rings. The van der Waals surface area contributed by atoms with Crippen LogP contribution in [0, 0.1) is 0 Å². The van der Waals surface area contributed by atoms with E-state index in [4.69, 9.17) is 10.5 Å². The van der Waals surface area contributed by atoms with Crippen LogP contribution in [0.5, 0.6) is 5.75 Å². The van der Waals surface area contributed by atoms with E-state index in [1.807, 2.05) is 6.92 Å². The van der Waals surface area contributed by atoms with Crippen LogP contribution in [0.25, 0.3) is 0 Å². The molecule has 0 amide bonds. The van der Waals surface area contributed by atoms with Crippen LogP contribution in [-0.4, -0.2) is 60.3 Å². The van der Waals surface area contributed by atoms with E-state index in [1.165, 1.54) is 11.1 Å². The van der Waals surface area contributed by atoms with Crippen molar-refractivity contribution in [1.29, 1.82) is 0 Å². The highest BCUT2D eigenvalue weighted by atomic mass is 16.5. The van der Waals surface area contributed by atoms with Crippen LogP contribution >= 0.6 is 0 Å². The van der Waals surface area contributed by atoms with E-state index in [2.05, 4.69) is 35.0 Å². The predicted molar refractivity (Wildman–Crippen MR) is 91.5 cm³/mol. The standard InChI is InChI=1S/C18H29N3O2/c1-13(22)11-21-12-16-15(17(21)10-19)4-3-5-18(16)23-14-6-8-20(2)9-7-14/h3-5,13-14,17,22H,6-12,19H2,1-2H3. The molecule has 0 spiro atoms. The van der Waals surface area contributed by atoms with Crippen LogP contribution < -0.4 is 10.5 Å². The van der Waals surface area contributed by atoms with Gasteiger partial charge in [0.15, 0.2) is 0 Å². The van der Waals surface area contributed by atoms with E-state index in [9.17, 15) is 5.11 Å². The summed E-state index contributed by atoms with van der Waals surface area (Å²) in [6.07, 6.45) is 2.12. The molecule has 1 aromatic carbocycles. The fourth-order valence-electron chi connectivity index (χ4n) is 3.77. The Morgan fingerprint density at radius 2 is 2.09 bits per heavy atom. The molecule has 128 valence electrons. The van der Waals surface area contributed by atoms with E-state index >= 15 is 0 Å². The lowest BCUT2D eigenvalue weighted by Gasteiger charge is -2.30. The molecule has 23 heavy (non-hydrogen) atoms. The van der Waals surface area contributed by atoms with Gasteiger partial charge in [0.25, 0.3) is 0 Å². The molecule has 0 aliphatic carbocycles. The zero-order valence-corrected chi connectivity index (χ0v) is 14.2. The van der Waals surface area contributed by atoms with Crippen molar-refractivity contribution >= 4 is 0 Å². The number of fused-ring (bicyclic) bond motifs is 1. The van der Waals surface area contributed by atoms with Crippen molar-refractivity contribution < 1.29 is 9.84 Å². The van der Waals surface area contributed by atoms with Crippen LogP contribution in [0.2, 0.25) is 0 Å². The van der Waals surface area contributed by atoms with Gasteiger partial charge in [0.05, 0.1) is 6.10 Å². The molecule has 1 aromatic rings. The van der Waals surface area contributed by atoms with Crippen LogP contribution in [0.3, 0.4) is 0 Å². The van der Waals surface area contributed by atoms with Gasteiger partial charge in [0.2, 0.25) is 0 Å². The maximum atomic E-state index is 9.74. The lowest BCUT2D eigenvalue weighted by molar-refractivity contribution is 0.102. The highest BCUT2D eigenvalue weighted by molar-refractivity contribution is 5.45. The number of aliphatic hydroxyl groups excluding tert-OH is 1. The van der Waals surface area contributed by atoms with Gasteiger partial charge in [-0.3, -0.25) is 4.90 Å². The summed E-state index contributed by atoms with van der Waals surface area (Å²) in [5.41, 5.74) is 8.51. The van der Waals surface area contributed by atoms with Crippen molar-refractivity contribution in [3.63, 3.8) is 0 Å². The number of hydrogen-bond acceptors (Lipinski definition) is 5. The number of nitrogens with two attached hydrogens (primary N) is 1. The number of hydrogen-bond donors (Lipinski definition) is 2. The lowest BCUT2D eigenvalue weighted by Crippen LogP contribution is -2.35. The summed E-state index contributed by atoms with van der Waals surface area (Å²) in [6.45, 7) is 6.04. The molecule has 1 saturated heterocycles. The molecular formula is C18H29N3O2. The van der Waals surface area contributed by atoms with Crippen molar-refractivity contribution in [3.8, 4) is 5.75 Å². The first-order valence-electron chi connectivity index (χ1n) is 8.67. The predicted octanol–water partition coefficient (Wildman–Crippen LogP) is 1.36. The van der Waals surface area contributed by atoms with E-state index in [0.717, 1.165) is 38.2 Å². The Morgan fingerprint density at radius 3 is 2.74 bits per heavy atom. The average Bonchev–Trinajstić information content (AvgIpc) is 2.87. The van der Waals surface area contributed by atoms with Crippen molar-refractivity contribution in [1.82, 2.24) is 9.80 Å². The van der Waals surface area contributed by atoms with Crippen LogP contribution in [0.15, 0.2) is 18.2 Å². The summed E-state index contributed by atoms with van der Waals surface area (Å²) in [4.78, 5) is 4.61. The molecule has 2 aliphatic rings. The smallest absolute Gasteiger partial charge is 0.124 e. The highest BCUT2D eigenvalue weighted by Crippen LogP contribution is 2.39. The molecule has 0 radical (unpaired) electrons. The van der Waals surface area contributed by atoms with Gasteiger partial charge in [-0.05, 0) is 38.4 Å². The number of benzene rings is 1. The molecule has 3 rings (SSSR count). The maximum absolute atomic E-state index is 9.74. The number of ether oxygens (including phenoxy) is 1. The van der Waals surface area contributed by atoms with Crippen LogP contribution in [-0.2, 0) is 6.54 Å². The van der Waals surface area contributed by atoms with Crippen molar-refractivity contribution in [2.75, 3.05) is 33.2 Å². The number of likely N-dealkylation sites (tertiary alicyclic amines) is 1. The molecule has 3 N–H and O–H groups in total. The lowest BCUT2D eigenvalue weighted by atomic mass is 10.0. The molecule has 2 atom stereocenters. The Kier molecular flexibility index (Phi) is 5.21. The van der Waals surface area contributed by atoms with Crippen LogP contribution in [0.4, 0.5) is 0 Å². The van der Waals surface area contributed by atoms with Gasteiger partial charge in [-0.2, -0.15) is 0 Å². The number of aliphatic hydroxyl groups is 1. The molecule has 0 aromatic heterocycles. The SMILES string of the molecule is CC(O)CN1Cc2c(OC3CCN(C)CC3)cccc2C1CN. The quantitative estimate of drug-likeness (QED) is 0.858. The van der Waals surface area contributed by atoms with Gasteiger partial charge < -0.3 is 20.5 Å². The molecule has 5 heteroatoms. The largest absolute Gasteiger partial charge is 0.490 e. The summed E-state index contributed by atoms with van der Waals surface area (Å²) < 4.78 is 6.34. The van der Waals surface area contributed by atoms with Crippen molar-refractivity contribution in [2.24, 2.45) is 5.73 Å². The summed E-state index contributed by atoms with van der Waals surface area (Å²) in [5, 5.41) is 9.74. The third kappa shape index (κ3) is 3.69. The second-order valence-corrected chi connectivity index (χ2v) is 6.97. The molecule has 2 heterocycles. The molecular weight excluding hydrogens is 290 g/mol. The number of nitrogens with zero attached hydrogens (tertiary/aromatic N) is 2. The molecule has 5 nitrogen and oxygen atoms in total. The third-order valence-electron chi connectivity index (χ3n) is 5.01. The first-order chi connectivity index (χ1) is 11.1. The first-order valence-corrected chi connectivity index (χ1v) is 8.67. The second-order valence-electron chi connectivity index (χ2n) is 6.97. The second kappa shape index (κ2) is 7.18. The Labute approximate surface area is 139 Å². The highest BCUT2D eigenvalue weighted by Gasteiger charge is 2.32. The minimum Gasteiger partial charge on any atom is -0.490 e. The third-order valence-corrected chi connectivity index (χ3v) is 5.01. The maximum Gasteiger partial charge on any atom is 0.124 e. The van der Waals surface area contributed by atoms with Gasteiger partial charge in [0, 0.05) is 44.3 Å². The van der Waals surface area contributed by atoms with Crippen LogP contribution in [0.1, 0.15) is 36.9 Å². The van der Waals surface area contributed by atoms with E-state index in [-0.39, 0.29) is 12.1 Å². The minimum absolute atomic E-state index is 0.181. The topological polar surface area (TPSA) is 62.0 Å². The fourth-order valence-corrected chi connectivity index (χ4v) is 3.77. The van der Waals surface area contributed by atoms with Gasteiger partial charge in [-0.15, -0.1) is 0 Å². The van der Waals surface area contributed by atoms with E-state index < -0.39 is 0 Å². The van der Waals surface area contributed by atoms with Gasteiger partial charge in [-0.1, -0.05) is 12.1 Å². The summed E-state index contributed by atoms with van der Waals surface area (Å²) in [7, 11) is 2.16. The monoisotopic (exact) mass is 319 g/mol. The van der Waals surface area contributed by atoms with Gasteiger partial charge >= 0.3 is 0 Å². The minimum atomic E-state index is -0.350. The average molecular weight is 319 g/mol. The van der Waals surface area contributed by atoms with Crippen molar-refractivity contribution in [3.05, 3.63) is 29.3 Å². The number of β-amino-alcohol motifs (C(OH)–C–C–N with tert-alkyl or cyclic N) is 1. The Morgan fingerprint density at radius 1 is 1.35 bits per heavy atom. The zero-order chi connectivity index (χ0) is 16.4. The Balaban J connectivity index is 1.76. The Bertz CT molecular complexity index is 527. The first kappa shape index (κ1) is 16.7. The zero-order valence-electron chi connectivity index (χ0n) is 14.2. The Hall–Kier alpha value is -1.14. The number of piperidine rings is 1. The number of rotatable bonds is 5. The molecule has 0 bridgehead atoms. The molecule has 0 saturated carbocycles. The summed E-state index contributed by atoms with van der Waals surface area (Å²) in [6, 6.07) is 6.48. The normalized spacial score (nSPS) is 24.6. The molecule has 2 aliphatic heterocycles.